The Balaban J connectivity index is 2.17. The van der Waals surface area contributed by atoms with E-state index in [0.29, 0.717) is 6.61 Å². The molecule has 0 bridgehead atoms. The van der Waals surface area contributed by atoms with Gasteiger partial charge in [-0.15, -0.1) is 0 Å². The Morgan fingerprint density at radius 1 is 2.00 bits per heavy atom. The van der Waals surface area contributed by atoms with E-state index >= 15 is 0 Å². The van der Waals surface area contributed by atoms with Crippen molar-refractivity contribution < 1.29 is 14.8 Å². The van der Waals surface area contributed by atoms with Crippen molar-refractivity contribution in [2.75, 3.05) is 13.2 Å². The van der Waals surface area contributed by atoms with Crippen molar-refractivity contribution in [3.63, 3.8) is 0 Å². The molecule has 5 heteroatoms. The minimum Gasteiger partial charge on any atom is -0.383 e. The molecule has 1 heterocycles. The summed E-state index contributed by atoms with van der Waals surface area (Å²) in [4.78, 5) is 9.18. The van der Waals surface area contributed by atoms with Gasteiger partial charge in [-0.05, 0) is 0 Å². The van der Waals surface area contributed by atoms with Gasteiger partial charge in [-0.3, -0.25) is 10.1 Å². The molecule has 1 aliphatic heterocycles. The third-order valence-electron chi connectivity index (χ3n) is 1.12. The van der Waals surface area contributed by atoms with E-state index in [-0.39, 0.29) is 6.10 Å². The van der Waals surface area contributed by atoms with Crippen LogP contribution in [0.1, 0.15) is 0 Å². The average molecular weight is 133 g/mol. The van der Waals surface area contributed by atoms with Crippen LogP contribution in [0.5, 0.6) is 0 Å². The fraction of sp³-hybridized carbons (Fsp3) is 1.00. The minimum atomic E-state index is -0.917. The molecule has 5 nitrogen and oxygen atoms in total. The van der Waals surface area contributed by atoms with Crippen LogP contribution in [-0.2, 0) is 4.74 Å². The van der Waals surface area contributed by atoms with Gasteiger partial charge in [0.05, 0.1) is 6.61 Å². The van der Waals surface area contributed by atoms with E-state index < -0.39 is 17.6 Å². The molecule has 0 aliphatic carbocycles. The highest BCUT2D eigenvalue weighted by atomic mass is 16.6. The van der Waals surface area contributed by atoms with Crippen LogP contribution in [0.4, 0.5) is 0 Å². The normalized spacial score (nSPS) is 27.4. The number of ether oxygens (including phenoxy) is 1. The Morgan fingerprint density at radius 2 is 2.56 bits per heavy atom. The maximum absolute atomic E-state index is 9.73. The molecule has 0 radical (unpaired) electrons. The van der Waals surface area contributed by atoms with E-state index in [2.05, 4.69) is 4.74 Å². The molecule has 0 amide bonds. The highest BCUT2D eigenvalue weighted by Gasteiger charge is 2.34. The highest BCUT2D eigenvalue weighted by Crippen LogP contribution is 2.13. The molecule has 0 aromatic heterocycles. The summed E-state index contributed by atoms with van der Waals surface area (Å²) in [5, 5.41) is 18.5. The van der Waals surface area contributed by atoms with Crippen LogP contribution in [0.2, 0.25) is 0 Å². The van der Waals surface area contributed by atoms with Gasteiger partial charge in [-0.2, -0.15) is 0 Å². The SMILES string of the molecule is O=[N+]([O-])CC(O)C1CO1. The first-order valence-electron chi connectivity index (χ1n) is 2.61. The van der Waals surface area contributed by atoms with Crippen molar-refractivity contribution in [2.45, 2.75) is 12.2 Å². The molecule has 52 valence electrons. The van der Waals surface area contributed by atoms with E-state index in [1.54, 1.807) is 0 Å². The molecule has 2 atom stereocenters. The van der Waals surface area contributed by atoms with Gasteiger partial charge < -0.3 is 9.84 Å². The molecule has 1 aliphatic rings. The summed E-state index contributed by atoms with van der Waals surface area (Å²) in [7, 11) is 0. The van der Waals surface area contributed by atoms with Gasteiger partial charge in [0.15, 0.2) is 0 Å². The predicted octanol–water partition coefficient (Wildman–Crippen LogP) is -0.977. The first-order chi connectivity index (χ1) is 4.20. The van der Waals surface area contributed by atoms with Crippen molar-refractivity contribution in [2.24, 2.45) is 0 Å². The summed E-state index contributed by atoms with van der Waals surface area (Å²) in [5.74, 6) is 0. The van der Waals surface area contributed by atoms with Crippen LogP contribution >= 0.6 is 0 Å². The summed E-state index contributed by atoms with van der Waals surface area (Å²) >= 11 is 0. The second-order valence-corrected chi connectivity index (χ2v) is 1.95. The van der Waals surface area contributed by atoms with Crippen LogP contribution < -0.4 is 0 Å². The van der Waals surface area contributed by atoms with Gasteiger partial charge in [0.1, 0.15) is 12.2 Å². The highest BCUT2D eigenvalue weighted by molar-refractivity contribution is 4.77. The Kier molecular flexibility index (Phi) is 1.63. The number of nitro groups is 1. The smallest absolute Gasteiger partial charge is 0.232 e. The standard InChI is InChI=1S/C4H7NO4/c6-3(1-5(7)8)4-2-9-4/h3-4,6H,1-2H2. The van der Waals surface area contributed by atoms with E-state index in [1.165, 1.54) is 0 Å². The summed E-state index contributed by atoms with van der Waals surface area (Å²) in [6.45, 7) is 0.0413. The second-order valence-electron chi connectivity index (χ2n) is 1.95. The van der Waals surface area contributed by atoms with Gasteiger partial charge in [-0.1, -0.05) is 0 Å². The lowest BCUT2D eigenvalue weighted by Crippen LogP contribution is -2.24. The zero-order valence-electron chi connectivity index (χ0n) is 4.69. The third kappa shape index (κ3) is 1.95. The number of rotatable bonds is 3. The summed E-state index contributed by atoms with van der Waals surface area (Å²) in [5.41, 5.74) is 0. The number of hydrogen-bond acceptors (Lipinski definition) is 4. The quantitative estimate of drug-likeness (QED) is 0.305. The van der Waals surface area contributed by atoms with E-state index in [0.717, 1.165) is 0 Å². The zero-order chi connectivity index (χ0) is 6.85. The topological polar surface area (TPSA) is 75.9 Å². The molecule has 1 fully saturated rings. The van der Waals surface area contributed by atoms with Gasteiger partial charge in [0.25, 0.3) is 0 Å². The van der Waals surface area contributed by atoms with Crippen LogP contribution in [-0.4, -0.2) is 35.4 Å². The first kappa shape index (κ1) is 6.44. The molecule has 1 rings (SSSR count). The van der Waals surface area contributed by atoms with Gasteiger partial charge in [0, 0.05) is 4.92 Å². The Hall–Kier alpha value is -0.680. The summed E-state index contributed by atoms with van der Waals surface area (Å²) in [6, 6.07) is 0. The van der Waals surface area contributed by atoms with Gasteiger partial charge >= 0.3 is 0 Å². The van der Waals surface area contributed by atoms with Crippen molar-refractivity contribution in [3.8, 4) is 0 Å². The van der Waals surface area contributed by atoms with Crippen LogP contribution in [0.3, 0.4) is 0 Å². The molecule has 1 N–H and O–H groups in total. The van der Waals surface area contributed by atoms with Gasteiger partial charge in [0.2, 0.25) is 6.54 Å². The number of aliphatic hydroxyl groups excluding tert-OH is 1. The lowest BCUT2D eigenvalue weighted by Gasteiger charge is -1.97. The molecule has 0 aromatic rings. The van der Waals surface area contributed by atoms with E-state index in [9.17, 15) is 10.1 Å². The minimum absolute atomic E-state index is 0.282. The Labute approximate surface area is 51.4 Å². The van der Waals surface area contributed by atoms with Crippen molar-refractivity contribution in [1.82, 2.24) is 0 Å². The molecule has 9 heavy (non-hydrogen) atoms. The monoisotopic (exact) mass is 133 g/mol. The van der Waals surface area contributed by atoms with E-state index in [1.807, 2.05) is 0 Å². The van der Waals surface area contributed by atoms with Crippen molar-refractivity contribution >= 4 is 0 Å². The average Bonchev–Trinajstić information content (AvgIpc) is 2.40. The van der Waals surface area contributed by atoms with Gasteiger partial charge in [-0.25, -0.2) is 0 Å². The zero-order valence-corrected chi connectivity index (χ0v) is 4.69. The summed E-state index contributed by atoms with van der Waals surface area (Å²) < 4.78 is 4.62. The number of aliphatic hydroxyl groups is 1. The van der Waals surface area contributed by atoms with Crippen molar-refractivity contribution in [1.29, 1.82) is 0 Å². The van der Waals surface area contributed by atoms with Crippen LogP contribution in [0.15, 0.2) is 0 Å². The fourth-order valence-electron chi connectivity index (χ4n) is 0.548. The van der Waals surface area contributed by atoms with E-state index in [4.69, 9.17) is 5.11 Å². The van der Waals surface area contributed by atoms with Crippen LogP contribution in [0.25, 0.3) is 0 Å². The lowest BCUT2D eigenvalue weighted by atomic mass is 10.3. The lowest BCUT2D eigenvalue weighted by molar-refractivity contribution is -0.490. The maximum Gasteiger partial charge on any atom is 0.232 e. The molecule has 0 spiro atoms. The fourth-order valence-corrected chi connectivity index (χ4v) is 0.548. The second kappa shape index (κ2) is 2.28. The predicted molar refractivity (Wildman–Crippen MR) is 27.6 cm³/mol. The molecule has 0 aromatic carbocycles. The summed E-state index contributed by atoms with van der Waals surface area (Å²) in [6.07, 6.45) is -1.20. The third-order valence-corrected chi connectivity index (χ3v) is 1.12. The number of nitrogens with zero attached hydrogens (tertiary/aromatic N) is 1. The molecule has 2 unspecified atom stereocenters. The molecular weight excluding hydrogens is 126 g/mol. The largest absolute Gasteiger partial charge is 0.383 e. The Morgan fingerprint density at radius 3 is 2.89 bits per heavy atom. The number of epoxide rings is 1. The van der Waals surface area contributed by atoms with Crippen molar-refractivity contribution in [3.05, 3.63) is 10.1 Å². The first-order valence-corrected chi connectivity index (χ1v) is 2.61. The van der Waals surface area contributed by atoms with Crippen LogP contribution in [0, 0.1) is 10.1 Å². The molecule has 0 saturated carbocycles. The Bertz CT molecular complexity index is 122. The maximum atomic E-state index is 9.73. The molecule has 1 saturated heterocycles. The molecular formula is C4H7NO4. The number of hydrogen-bond donors (Lipinski definition) is 1.